The molecule has 1 unspecified atom stereocenters. The third-order valence-corrected chi connectivity index (χ3v) is 5.67. The quantitative estimate of drug-likeness (QED) is 0.584. The fourth-order valence-corrected chi connectivity index (χ4v) is 4.11. The minimum Gasteiger partial charge on any atom is -0.465 e. The third-order valence-electron chi connectivity index (χ3n) is 5.67. The molecule has 2 aliphatic heterocycles. The Bertz CT molecular complexity index is 445. The van der Waals surface area contributed by atoms with Gasteiger partial charge in [0.05, 0.1) is 5.71 Å². The number of hydrogen-bond donors (Lipinski definition) is 1. The largest absolute Gasteiger partial charge is 0.465 e. The lowest BCUT2D eigenvalue weighted by Gasteiger charge is -2.37. The number of carbonyl (C=O) groups is 1. The maximum atomic E-state index is 11.2. The van der Waals surface area contributed by atoms with Crippen molar-refractivity contribution in [3.63, 3.8) is 0 Å². The molecule has 2 heterocycles. The Morgan fingerprint density at radius 2 is 1.88 bits per heavy atom. The van der Waals surface area contributed by atoms with Gasteiger partial charge in [-0.3, -0.25) is 0 Å². The van der Waals surface area contributed by atoms with Crippen molar-refractivity contribution in [3.05, 3.63) is 0 Å². The molecule has 0 aliphatic carbocycles. The molecular formula is C19H35N3O3. The Kier molecular flexibility index (Phi) is 8.00. The van der Waals surface area contributed by atoms with E-state index in [-0.39, 0.29) is 0 Å². The molecule has 1 N–H and O–H groups in total. The van der Waals surface area contributed by atoms with Gasteiger partial charge in [-0.2, -0.15) is 0 Å². The molecule has 0 aromatic rings. The maximum absolute atomic E-state index is 11.2. The summed E-state index contributed by atoms with van der Waals surface area (Å²) < 4.78 is 0. The first-order valence-electron chi connectivity index (χ1n) is 9.83. The highest BCUT2D eigenvalue weighted by Gasteiger charge is 2.29. The number of hydrogen-bond acceptors (Lipinski definition) is 4. The lowest BCUT2D eigenvalue weighted by Crippen LogP contribution is -2.43. The van der Waals surface area contributed by atoms with Crippen LogP contribution < -0.4 is 0 Å². The summed E-state index contributed by atoms with van der Waals surface area (Å²) in [7, 11) is 1.64. The van der Waals surface area contributed by atoms with Crippen molar-refractivity contribution in [3.8, 4) is 0 Å². The Morgan fingerprint density at radius 1 is 1.16 bits per heavy atom. The number of piperidine rings is 1. The summed E-state index contributed by atoms with van der Waals surface area (Å²) in [6, 6.07) is 0.531. The van der Waals surface area contributed by atoms with Crippen molar-refractivity contribution >= 4 is 11.8 Å². The molecule has 2 rings (SSSR count). The zero-order valence-electron chi connectivity index (χ0n) is 16.1. The molecule has 1 amide bonds. The maximum Gasteiger partial charge on any atom is 0.407 e. The average molecular weight is 354 g/mol. The van der Waals surface area contributed by atoms with Gasteiger partial charge in [0.1, 0.15) is 7.11 Å². The van der Waals surface area contributed by atoms with E-state index >= 15 is 0 Å². The second kappa shape index (κ2) is 10.00. The normalized spacial score (nSPS) is 24.4. The van der Waals surface area contributed by atoms with E-state index in [1.54, 1.807) is 12.0 Å². The van der Waals surface area contributed by atoms with Crippen LogP contribution in [0.3, 0.4) is 0 Å². The van der Waals surface area contributed by atoms with E-state index in [0.29, 0.717) is 31.0 Å². The lowest BCUT2D eigenvalue weighted by molar-refractivity contribution is 0.128. The van der Waals surface area contributed by atoms with Crippen molar-refractivity contribution in [1.82, 2.24) is 9.80 Å². The van der Waals surface area contributed by atoms with Gasteiger partial charge in [0.15, 0.2) is 0 Å². The van der Waals surface area contributed by atoms with Crippen LogP contribution in [0.1, 0.15) is 58.8 Å². The molecular weight excluding hydrogens is 318 g/mol. The Balaban J connectivity index is 1.83. The first kappa shape index (κ1) is 20.0. The molecule has 6 heteroatoms. The molecule has 25 heavy (non-hydrogen) atoms. The summed E-state index contributed by atoms with van der Waals surface area (Å²) in [6.07, 6.45) is 6.75. The summed E-state index contributed by atoms with van der Waals surface area (Å²) in [6.45, 7) is 8.03. The number of oxime groups is 1. The van der Waals surface area contributed by atoms with Crippen LogP contribution >= 0.6 is 0 Å². The van der Waals surface area contributed by atoms with Crippen LogP contribution in [0.4, 0.5) is 4.79 Å². The summed E-state index contributed by atoms with van der Waals surface area (Å²) >= 11 is 0. The number of likely N-dealkylation sites (tertiary alicyclic amines) is 2. The molecule has 0 saturated carbocycles. The van der Waals surface area contributed by atoms with E-state index in [2.05, 4.69) is 23.9 Å². The number of rotatable bonds is 6. The van der Waals surface area contributed by atoms with Crippen molar-refractivity contribution < 1.29 is 14.7 Å². The van der Waals surface area contributed by atoms with Gasteiger partial charge in [-0.25, -0.2) is 4.79 Å². The van der Waals surface area contributed by atoms with E-state index in [0.717, 1.165) is 58.0 Å². The molecule has 0 radical (unpaired) electrons. The fourth-order valence-electron chi connectivity index (χ4n) is 4.11. The zero-order chi connectivity index (χ0) is 18.2. The Morgan fingerprint density at radius 3 is 2.48 bits per heavy atom. The van der Waals surface area contributed by atoms with Gasteiger partial charge >= 0.3 is 6.09 Å². The first-order chi connectivity index (χ1) is 12.0. The monoisotopic (exact) mass is 353 g/mol. The highest BCUT2D eigenvalue weighted by Crippen LogP contribution is 2.26. The highest BCUT2D eigenvalue weighted by molar-refractivity contribution is 5.86. The Labute approximate surface area is 152 Å². The average Bonchev–Trinajstić information content (AvgIpc) is 2.85. The van der Waals surface area contributed by atoms with Gasteiger partial charge in [0, 0.05) is 25.0 Å². The van der Waals surface area contributed by atoms with Crippen LogP contribution in [0.2, 0.25) is 0 Å². The van der Waals surface area contributed by atoms with Crippen molar-refractivity contribution in [2.24, 2.45) is 17.0 Å². The third kappa shape index (κ3) is 6.17. The van der Waals surface area contributed by atoms with E-state index in [1.165, 1.54) is 5.71 Å². The molecule has 0 aromatic carbocycles. The van der Waals surface area contributed by atoms with Crippen LogP contribution in [0.15, 0.2) is 5.16 Å². The lowest BCUT2D eigenvalue weighted by atomic mass is 9.87. The second-order valence-electron chi connectivity index (χ2n) is 7.86. The van der Waals surface area contributed by atoms with Crippen LogP contribution in [0, 0.1) is 11.8 Å². The fraction of sp³-hybridized carbons (Fsp3) is 0.895. The minimum atomic E-state index is -0.773. The molecule has 0 spiro atoms. The topological polar surface area (TPSA) is 65.4 Å². The van der Waals surface area contributed by atoms with E-state index < -0.39 is 6.09 Å². The summed E-state index contributed by atoms with van der Waals surface area (Å²) in [5.74, 6) is 1.22. The number of nitrogens with zero attached hydrogens (tertiary/aromatic N) is 3. The van der Waals surface area contributed by atoms with Gasteiger partial charge in [-0.15, -0.1) is 0 Å². The van der Waals surface area contributed by atoms with Gasteiger partial charge in [-0.1, -0.05) is 19.0 Å². The van der Waals surface area contributed by atoms with Crippen LogP contribution in [0.25, 0.3) is 0 Å². The zero-order valence-corrected chi connectivity index (χ0v) is 16.1. The first-order valence-corrected chi connectivity index (χ1v) is 9.83. The van der Waals surface area contributed by atoms with Gasteiger partial charge in [0.2, 0.25) is 0 Å². The predicted molar refractivity (Wildman–Crippen MR) is 100 cm³/mol. The summed E-state index contributed by atoms with van der Waals surface area (Å²) in [5.41, 5.74) is 1.23. The summed E-state index contributed by atoms with van der Waals surface area (Å²) in [4.78, 5) is 20.4. The van der Waals surface area contributed by atoms with Crippen molar-refractivity contribution in [2.75, 3.05) is 33.3 Å². The van der Waals surface area contributed by atoms with Crippen LogP contribution in [-0.4, -0.2) is 66.0 Å². The van der Waals surface area contributed by atoms with E-state index in [9.17, 15) is 9.90 Å². The van der Waals surface area contributed by atoms with Gasteiger partial charge in [0.25, 0.3) is 0 Å². The SMILES string of the molecule is CO/N=C(/CCC(C)C)C1CCN(C2CCCN(C(=O)O)CC2)CC1. The standard InChI is InChI=1S/C19H35N3O3/c1-15(2)6-7-18(20-25-3)16-8-12-21(13-9-16)17-5-4-11-22(14-10-17)19(23)24/h15-17H,4-14H2,1-3H3,(H,23,24)/b20-18-. The molecule has 2 aliphatic rings. The van der Waals surface area contributed by atoms with Crippen LogP contribution in [-0.2, 0) is 4.84 Å². The van der Waals surface area contributed by atoms with Crippen molar-refractivity contribution in [2.45, 2.75) is 64.8 Å². The van der Waals surface area contributed by atoms with Gasteiger partial charge < -0.3 is 19.7 Å². The predicted octanol–water partition coefficient (Wildman–Crippen LogP) is 3.67. The molecule has 0 bridgehead atoms. The minimum absolute atomic E-state index is 0.531. The van der Waals surface area contributed by atoms with Crippen LogP contribution in [0.5, 0.6) is 0 Å². The summed E-state index contributed by atoms with van der Waals surface area (Å²) in [5, 5.41) is 13.5. The molecule has 2 saturated heterocycles. The van der Waals surface area contributed by atoms with E-state index in [4.69, 9.17) is 4.84 Å². The molecule has 1 atom stereocenters. The Hall–Kier alpha value is -1.30. The van der Waals surface area contributed by atoms with Gasteiger partial charge in [-0.05, 0) is 64.0 Å². The number of carboxylic acid groups (broad SMARTS) is 1. The smallest absolute Gasteiger partial charge is 0.407 e. The number of amides is 1. The molecule has 2 fully saturated rings. The highest BCUT2D eigenvalue weighted by atomic mass is 16.6. The molecule has 0 aromatic heterocycles. The van der Waals surface area contributed by atoms with E-state index in [1.807, 2.05) is 0 Å². The second-order valence-corrected chi connectivity index (χ2v) is 7.86. The molecule has 144 valence electrons. The molecule has 6 nitrogen and oxygen atoms in total. The van der Waals surface area contributed by atoms with Crippen molar-refractivity contribution in [1.29, 1.82) is 0 Å².